The van der Waals surface area contributed by atoms with E-state index < -0.39 is 35.8 Å². The molecule has 1 aromatic heterocycles. The van der Waals surface area contributed by atoms with E-state index in [-0.39, 0.29) is 48.4 Å². The van der Waals surface area contributed by atoms with Crippen LogP contribution in [0.5, 0.6) is 0 Å². The minimum Gasteiger partial charge on any atom is -0.467 e. The number of amides is 2. The summed E-state index contributed by atoms with van der Waals surface area (Å²) in [6.07, 6.45) is 7.63. The van der Waals surface area contributed by atoms with Gasteiger partial charge in [-0.25, -0.2) is 9.78 Å². The zero-order chi connectivity index (χ0) is 32.3. The fourth-order valence-corrected chi connectivity index (χ4v) is 6.06. The summed E-state index contributed by atoms with van der Waals surface area (Å²) < 4.78 is 4.97. The number of Topliss-reactive ketones (excluding diaryl/α,β-unsaturated/α-hetero) is 2. The Morgan fingerprint density at radius 1 is 0.978 bits per heavy atom. The molecular weight excluding hydrogens is 572 g/mol. The number of benzene rings is 2. The Balaban J connectivity index is 1.57. The van der Waals surface area contributed by atoms with Gasteiger partial charge in [-0.15, -0.1) is 0 Å². The Hall–Kier alpha value is -4.47. The Labute approximate surface area is 263 Å². The molecule has 2 N–H and O–H groups in total. The van der Waals surface area contributed by atoms with Gasteiger partial charge >= 0.3 is 5.97 Å². The van der Waals surface area contributed by atoms with Crippen LogP contribution >= 0.6 is 0 Å². The summed E-state index contributed by atoms with van der Waals surface area (Å²) >= 11 is 0. The van der Waals surface area contributed by atoms with Crippen molar-refractivity contribution in [3.63, 3.8) is 0 Å². The molecule has 1 heterocycles. The van der Waals surface area contributed by atoms with E-state index in [4.69, 9.17) is 4.74 Å². The fraction of sp³-hybridized carbons (Fsp3) is 0.457. The maximum Gasteiger partial charge on any atom is 0.328 e. The molecule has 0 saturated heterocycles. The molecular formula is C35H42N4O6. The van der Waals surface area contributed by atoms with Crippen molar-refractivity contribution in [2.24, 2.45) is 17.8 Å². The Morgan fingerprint density at radius 2 is 1.76 bits per heavy atom. The molecule has 10 nitrogen and oxygen atoms in total. The van der Waals surface area contributed by atoms with Crippen LogP contribution in [0.3, 0.4) is 0 Å². The SMILES string of the molecule is COC(=O)[C@H](C[C@@H]1CCCCC1=O)NC(=O)[C@@H](CC(=O)[C@H](Cc1cccc2ccccc12)NC(=O)c1cnccn1)CC(C)C. The highest BCUT2D eigenvalue weighted by atomic mass is 16.5. The highest BCUT2D eigenvalue weighted by Crippen LogP contribution is 2.26. The van der Waals surface area contributed by atoms with E-state index in [0.29, 0.717) is 19.3 Å². The van der Waals surface area contributed by atoms with Crippen molar-refractivity contribution < 1.29 is 28.7 Å². The molecule has 0 spiro atoms. The van der Waals surface area contributed by atoms with Crippen LogP contribution in [0.15, 0.2) is 61.1 Å². The predicted octanol–water partition coefficient (Wildman–Crippen LogP) is 4.40. The Morgan fingerprint density at radius 3 is 2.47 bits per heavy atom. The summed E-state index contributed by atoms with van der Waals surface area (Å²) in [5, 5.41) is 7.60. The molecule has 10 heteroatoms. The molecule has 45 heavy (non-hydrogen) atoms. The lowest BCUT2D eigenvalue weighted by molar-refractivity contribution is -0.146. The Bertz CT molecular complexity index is 1500. The van der Waals surface area contributed by atoms with E-state index in [0.717, 1.165) is 29.2 Å². The van der Waals surface area contributed by atoms with Crippen molar-refractivity contribution in [2.75, 3.05) is 7.11 Å². The number of nitrogens with zero attached hydrogens (tertiary/aromatic N) is 2. The number of rotatable bonds is 14. The van der Waals surface area contributed by atoms with Crippen LogP contribution in [-0.4, -0.2) is 58.5 Å². The monoisotopic (exact) mass is 614 g/mol. The first-order valence-corrected chi connectivity index (χ1v) is 15.6. The number of methoxy groups -OCH3 is 1. The highest BCUT2D eigenvalue weighted by Gasteiger charge is 2.34. The average molecular weight is 615 g/mol. The van der Waals surface area contributed by atoms with Gasteiger partial charge < -0.3 is 15.4 Å². The second kappa shape index (κ2) is 16.0. The molecule has 1 saturated carbocycles. The number of carbonyl (C=O) groups excluding carboxylic acids is 5. The van der Waals surface area contributed by atoms with Crippen molar-refractivity contribution in [3.8, 4) is 0 Å². The third kappa shape index (κ3) is 9.26. The van der Waals surface area contributed by atoms with Crippen LogP contribution in [-0.2, 0) is 30.3 Å². The number of nitrogens with one attached hydrogen (secondary N) is 2. The smallest absolute Gasteiger partial charge is 0.328 e. The summed E-state index contributed by atoms with van der Waals surface area (Å²) in [5.74, 6) is -2.89. The third-order valence-electron chi connectivity index (χ3n) is 8.37. The molecule has 238 valence electrons. The normalized spacial score (nSPS) is 16.9. The lowest BCUT2D eigenvalue weighted by Crippen LogP contribution is -2.48. The maximum atomic E-state index is 14.0. The van der Waals surface area contributed by atoms with Crippen molar-refractivity contribution in [3.05, 3.63) is 72.3 Å². The minimum absolute atomic E-state index is 0.0655. The molecule has 2 aromatic carbocycles. The quantitative estimate of drug-likeness (QED) is 0.254. The summed E-state index contributed by atoms with van der Waals surface area (Å²) in [5.41, 5.74) is 0.946. The summed E-state index contributed by atoms with van der Waals surface area (Å²) in [7, 11) is 1.25. The first-order valence-electron chi connectivity index (χ1n) is 15.6. The van der Waals surface area contributed by atoms with Crippen LogP contribution in [0.2, 0.25) is 0 Å². The molecule has 0 radical (unpaired) electrons. The predicted molar refractivity (Wildman–Crippen MR) is 169 cm³/mol. The molecule has 0 unspecified atom stereocenters. The second-order valence-corrected chi connectivity index (χ2v) is 12.2. The van der Waals surface area contributed by atoms with E-state index in [1.807, 2.05) is 56.3 Å². The van der Waals surface area contributed by atoms with Gasteiger partial charge in [0.25, 0.3) is 5.91 Å². The van der Waals surface area contributed by atoms with E-state index in [2.05, 4.69) is 20.6 Å². The van der Waals surface area contributed by atoms with Gasteiger partial charge in [0.2, 0.25) is 5.91 Å². The van der Waals surface area contributed by atoms with Crippen molar-refractivity contribution in [2.45, 2.75) is 77.3 Å². The number of fused-ring (bicyclic) bond motifs is 1. The number of aromatic nitrogens is 2. The van der Waals surface area contributed by atoms with Crippen molar-refractivity contribution >= 4 is 40.1 Å². The third-order valence-corrected chi connectivity index (χ3v) is 8.37. The first-order chi connectivity index (χ1) is 21.7. The van der Waals surface area contributed by atoms with Crippen LogP contribution in [0.4, 0.5) is 0 Å². The van der Waals surface area contributed by atoms with Gasteiger partial charge in [0.05, 0.1) is 19.3 Å². The number of hydrogen-bond acceptors (Lipinski definition) is 8. The van der Waals surface area contributed by atoms with Crippen LogP contribution < -0.4 is 10.6 Å². The molecule has 0 bridgehead atoms. The summed E-state index contributed by atoms with van der Waals surface area (Å²) in [4.78, 5) is 74.1. The number of hydrogen-bond donors (Lipinski definition) is 2. The molecule has 3 aromatic rings. The van der Waals surface area contributed by atoms with E-state index in [9.17, 15) is 24.0 Å². The van der Waals surface area contributed by atoms with Crippen molar-refractivity contribution in [1.82, 2.24) is 20.6 Å². The molecule has 2 amide bonds. The number of ketones is 2. The van der Waals surface area contributed by atoms with Gasteiger partial charge in [-0.3, -0.25) is 24.2 Å². The number of ether oxygens (including phenoxy) is 1. The molecule has 1 aliphatic carbocycles. The molecule has 1 aliphatic rings. The van der Waals surface area contributed by atoms with Gasteiger partial charge in [-0.1, -0.05) is 62.7 Å². The molecule has 4 atom stereocenters. The van der Waals surface area contributed by atoms with Crippen LogP contribution in [0.25, 0.3) is 10.8 Å². The second-order valence-electron chi connectivity index (χ2n) is 12.2. The van der Waals surface area contributed by atoms with Crippen molar-refractivity contribution in [1.29, 1.82) is 0 Å². The maximum absolute atomic E-state index is 14.0. The first kappa shape index (κ1) is 33.4. The van der Waals surface area contributed by atoms with Gasteiger partial charge in [0.15, 0.2) is 5.78 Å². The number of esters is 1. The van der Waals surface area contributed by atoms with Crippen LogP contribution in [0.1, 0.15) is 74.8 Å². The summed E-state index contributed by atoms with van der Waals surface area (Å²) in [6.45, 7) is 3.90. The van der Waals surface area contributed by atoms with Gasteiger partial charge in [0.1, 0.15) is 17.5 Å². The minimum atomic E-state index is -0.998. The lowest BCUT2D eigenvalue weighted by atomic mass is 9.83. The van der Waals surface area contributed by atoms with Gasteiger partial charge in [-0.2, -0.15) is 0 Å². The van der Waals surface area contributed by atoms with E-state index in [1.54, 1.807) is 0 Å². The van der Waals surface area contributed by atoms with E-state index >= 15 is 0 Å². The van der Waals surface area contributed by atoms with Crippen LogP contribution in [0, 0.1) is 17.8 Å². The number of carbonyl (C=O) groups is 5. The topological polar surface area (TPSA) is 144 Å². The van der Waals surface area contributed by atoms with Gasteiger partial charge in [0, 0.05) is 43.5 Å². The molecule has 1 fully saturated rings. The lowest BCUT2D eigenvalue weighted by Gasteiger charge is -2.27. The summed E-state index contributed by atoms with van der Waals surface area (Å²) in [6, 6.07) is 11.7. The largest absolute Gasteiger partial charge is 0.467 e. The molecule has 0 aliphatic heterocycles. The average Bonchev–Trinajstić information content (AvgIpc) is 3.04. The highest BCUT2D eigenvalue weighted by molar-refractivity contribution is 5.98. The van der Waals surface area contributed by atoms with E-state index in [1.165, 1.54) is 25.7 Å². The standard InChI is InChI=1S/C35H42N4O6/c1-22(2)17-26(33(42)39-29(35(44)45-3)19-25-10-5-7-14-31(25)40)20-32(41)28(38-34(43)30-21-36-15-16-37-30)18-24-12-8-11-23-9-4-6-13-27(23)24/h4,6,8-9,11-13,15-16,21-22,25-26,28-29H,5,7,10,14,17-20H2,1-3H3,(H,38,43)(H,39,42)/t25-,26+,28-,29-/m0/s1. The van der Waals surface area contributed by atoms with Gasteiger partial charge in [-0.05, 0) is 47.9 Å². The zero-order valence-corrected chi connectivity index (χ0v) is 26.2. The fourth-order valence-electron chi connectivity index (χ4n) is 6.06. The zero-order valence-electron chi connectivity index (χ0n) is 26.2. The molecule has 4 rings (SSSR count). The Kier molecular flexibility index (Phi) is 11.9.